The molecule has 152 valence electrons. The van der Waals surface area contributed by atoms with Gasteiger partial charge in [-0.05, 0) is 42.9 Å². The molecular formula is C22H32N4O2. The fourth-order valence-electron chi connectivity index (χ4n) is 3.68. The van der Waals surface area contributed by atoms with Crippen molar-refractivity contribution in [3.63, 3.8) is 0 Å². The number of aliphatic hydroxyl groups is 1. The highest BCUT2D eigenvalue weighted by Gasteiger charge is 2.41. The zero-order valence-corrected chi connectivity index (χ0v) is 17.2. The third-order valence-corrected chi connectivity index (χ3v) is 5.43. The van der Waals surface area contributed by atoms with Crippen molar-refractivity contribution in [1.29, 1.82) is 0 Å². The molecule has 1 atom stereocenters. The molecule has 0 bridgehead atoms. The molecule has 0 saturated carbocycles. The summed E-state index contributed by atoms with van der Waals surface area (Å²) in [6.45, 7) is 9.18. The first-order chi connectivity index (χ1) is 13.4. The Kier molecular flexibility index (Phi) is 6.52. The van der Waals surface area contributed by atoms with Gasteiger partial charge in [0.15, 0.2) is 5.60 Å². The molecule has 1 saturated heterocycles. The van der Waals surface area contributed by atoms with Gasteiger partial charge in [0.25, 0.3) is 5.91 Å². The van der Waals surface area contributed by atoms with Gasteiger partial charge in [-0.3, -0.25) is 9.48 Å². The van der Waals surface area contributed by atoms with Gasteiger partial charge in [0.2, 0.25) is 0 Å². The largest absolute Gasteiger partial charge is 0.379 e. The molecule has 1 aromatic heterocycles. The number of carbonyl (C=O) groups is 1. The van der Waals surface area contributed by atoms with Gasteiger partial charge in [-0.1, -0.05) is 38.1 Å². The first kappa shape index (κ1) is 20.6. The second-order valence-electron chi connectivity index (χ2n) is 8.16. The summed E-state index contributed by atoms with van der Waals surface area (Å²) in [6.07, 6.45) is 3.25. The number of benzene rings is 1. The van der Waals surface area contributed by atoms with E-state index in [1.807, 2.05) is 23.9 Å². The third-order valence-electron chi connectivity index (χ3n) is 5.43. The third kappa shape index (κ3) is 5.00. The zero-order valence-electron chi connectivity index (χ0n) is 17.2. The molecule has 6 heteroatoms. The minimum Gasteiger partial charge on any atom is -0.379 e. The molecule has 28 heavy (non-hydrogen) atoms. The molecule has 1 aromatic carbocycles. The quantitative estimate of drug-likeness (QED) is 0.686. The second-order valence-corrected chi connectivity index (χ2v) is 8.16. The van der Waals surface area contributed by atoms with Gasteiger partial charge in [-0.15, -0.1) is 0 Å². The van der Waals surface area contributed by atoms with Crippen LogP contribution in [0.2, 0.25) is 0 Å². The Hall–Kier alpha value is -2.18. The summed E-state index contributed by atoms with van der Waals surface area (Å²) in [5, 5.41) is 18.5. The Morgan fingerprint density at radius 1 is 1.25 bits per heavy atom. The average Bonchev–Trinajstić information content (AvgIpc) is 3.08. The average molecular weight is 385 g/mol. The minimum absolute atomic E-state index is 0.172. The summed E-state index contributed by atoms with van der Waals surface area (Å²) >= 11 is 0. The predicted octanol–water partition coefficient (Wildman–Crippen LogP) is 2.46. The van der Waals surface area contributed by atoms with Crippen LogP contribution in [0.3, 0.4) is 0 Å². The molecule has 0 spiro atoms. The van der Waals surface area contributed by atoms with Gasteiger partial charge in [-0.25, -0.2) is 0 Å². The van der Waals surface area contributed by atoms with E-state index in [-0.39, 0.29) is 12.5 Å². The lowest BCUT2D eigenvalue weighted by molar-refractivity contribution is -0.157. The van der Waals surface area contributed by atoms with Crippen molar-refractivity contribution in [2.24, 2.45) is 0 Å². The maximum absolute atomic E-state index is 12.9. The molecule has 1 fully saturated rings. The van der Waals surface area contributed by atoms with Crippen molar-refractivity contribution in [3.8, 4) is 0 Å². The Bertz CT molecular complexity index is 784. The number of carbonyl (C=O) groups excluding carboxylic acids is 1. The van der Waals surface area contributed by atoms with Crippen molar-refractivity contribution >= 4 is 5.91 Å². The second kappa shape index (κ2) is 8.88. The van der Waals surface area contributed by atoms with Crippen LogP contribution in [0, 0.1) is 6.92 Å². The van der Waals surface area contributed by atoms with Crippen molar-refractivity contribution in [2.45, 2.75) is 58.2 Å². The molecule has 2 aromatic rings. The van der Waals surface area contributed by atoms with Crippen LogP contribution in [0.5, 0.6) is 0 Å². The lowest BCUT2D eigenvalue weighted by atomic mass is 9.91. The van der Waals surface area contributed by atoms with E-state index in [0.29, 0.717) is 38.5 Å². The summed E-state index contributed by atoms with van der Waals surface area (Å²) in [5.74, 6) is 0.321. The van der Waals surface area contributed by atoms with Gasteiger partial charge in [0, 0.05) is 32.4 Å². The van der Waals surface area contributed by atoms with Crippen LogP contribution in [0.15, 0.2) is 36.5 Å². The van der Waals surface area contributed by atoms with Crippen molar-refractivity contribution < 1.29 is 9.90 Å². The van der Waals surface area contributed by atoms with Crippen molar-refractivity contribution in [2.75, 3.05) is 19.6 Å². The Balaban J connectivity index is 1.53. The molecule has 1 amide bonds. The Morgan fingerprint density at radius 3 is 2.64 bits per heavy atom. The van der Waals surface area contributed by atoms with Gasteiger partial charge < -0.3 is 15.3 Å². The number of rotatable bonds is 8. The first-order valence-electron chi connectivity index (χ1n) is 10.2. The summed E-state index contributed by atoms with van der Waals surface area (Å²) in [6, 6.07) is 10.4. The molecule has 0 radical (unpaired) electrons. The molecular weight excluding hydrogens is 352 g/mol. The monoisotopic (exact) mass is 384 g/mol. The van der Waals surface area contributed by atoms with Crippen LogP contribution in [0.25, 0.3) is 0 Å². The van der Waals surface area contributed by atoms with Crippen LogP contribution in [0.1, 0.15) is 49.4 Å². The maximum Gasteiger partial charge on any atom is 0.256 e. The normalized spacial score (nSPS) is 20.2. The molecule has 1 aliphatic heterocycles. The van der Waals surface area contributed by atoms with Crippen LogP contribution in [-0.4, -0.2) is 50.9 Å². The molecule has 1 aliphatic rings. The van der Waals surface area contributed by atoms with E-state index in [2.05, 4.69) is 48.5 Å². The number of amides is 1. The van der Waals surface area contributed by atoms with Crippen molar-refractivity contribution in [3.05, 3.63) is 53.3 Å². The molecule has 6 nitrogen and oxygen atoms in total. The number of aromatic nitrogens is 2. The van der Waals surface area contributed by atoms with E-state index >= 15 is 0 Å². The van der Waals surface area contributed by atoms with Crippen molar-refractivity contribution in [1.82, 2.24) is 20.0 Å². The van der Waals surface area contributed by atoms with E-state index in [4.69, 9.17) is 0 Å². The van der Waals surface area contributed by atoms with Gasteiger partial charge in [0.05, 0.1) is 12.2 Å². The number of piperidine rings is 1. The maximum atomic E-state index is 12.9. The van der Waals surface area contributed by atoms with Crippen LogP contribution < -0.4 is 5.32 Å². The molecule has 0 unspecified atom stereocenters. The highest BCUT2D eigenvalue weighted by atomic mass is 16.3. The van der Waals surface area contributed by atoms with Crippen LogP contribution in [-0.2, 0) is 17.9 Å². The number of hydrogen-bond acceptors (Lipinski definition) is 4. The highest BCUT2D eigenvalue weighted by molar-refractivity contribution is 5.86. The smallest absolute Gasteiger partial charge is 0.256 e. The van der Waals surface area contributed by atoms with Gasteiger partial charge >= 0.3 is 0 Å². The van der Waals surface area contributed by atoms with E-state index in [0.717, 1.165) is 17.7 Å². The van der Waals surface area contributed by atoms with E-state index in [1.54, 1.807) is 4.90 Å². The van der Waals surface area contributed by atoms with Crippen LogP contribution >= 0.6 is 0 Å². The Morgan fingerprint density at radius 2 is 2.00 bits per heavy atom. The zero-order chi connectivity index (χ0) is 20.1. The fraction of sp³-hybridized carbons (Fsp3) is 0.545. The van der Waals surface area contributed by atoms with E-state index in [9.17, 15) is 9.90 Å². The minimum atomic E-state index is -1.32. The number of nitrogens with one attached hydrogen (secondary N) is 1. The number of likely N-dealkylation sites (tertiary alicyclic amines) is 1. The predicted molar refractivity (Wildman–Crippen MR) is 110 cm³/mol. The Labute approximate surface area is 167 Å². The van der Waals surface area contributed by atoms with Gasteiger partial charge in [0.1, 0.15) is 0 Å². The number of nitrogens with zero attached hydrogens (tertiary/aromatic N) is 3. The number of aryl methyl sites for hydroxylation is 1. The fourth-order valence-corrected chi connectivity index (χ4v) is 3.68. The lowest BCUT2D eigenvalue weighted by Crippen LogP contribution is -2.57. The standard InChI is InChI=1S/C22H32N4O2/c1-17(2)20-7-5-19(6-8-20)15-25-12-4-10-22(28,21(25)27)16-23-11-14-26-13-9-18(3)24-26/h5-9,13,17,23,28H,4,10-12,14-16H2,1-3H3/t22-/m0/s1. The van der Waals surface area contributed by atoms with Gasteiger partial charge in [-0.2, -0.15) is 5.10 Å². The summed E-state index contributed by atoms with van der Waals surface area (Å²) in [7, 11) is 0. The molecule has 3 rings (SSSR count). The van der Waals surface area contributed by atoms with E-state index < -0.39 is 5.60 Å². The SMILES string of the molecule is Cc1ccn(CCNC[C@@]2(O)CCCN(Cc3ccc(C(C)C)cc3)C2=O)n1. The molecule has 2 heterocycles. The lowest BCUT2D eigenvalue weighted by Gasteiger charge is -2.38. The summed E-state index contributed by atoms with van der Waals surface area (Å²) < 4.78 is 1.86. The number of hydrogen-bond donors (Lipinski definition) is 2. The topological polar surface area (TPSA) is 70.4 Å². The van der Waals surface area contributed by atoms with E-state index in [1.165, 1.54) is 5.56 Å². The highest BCUT2D eigenvalue weighted by Crippen LogP contribution is 2.24. The molecule has 0 aliphatic carbocycles. The summed E-state index contributed by atoms with van der Waals surface area (Å²) in [4.78, 5) is 14.7. The molecule has 2 N–H and O–H groups in total. The summed E-state index contributed by atoms with van der Waals surface area (Å²) in [5.41, 5.74) is 2.06. The van der Waals surface area contributed by atoms with Crippen LogP contribution in [0.4, 0.5) is 0 Å². The first-order valence-corrected chi connectivity index (χ1v) is 10.2.